The standard InChI is InChI=1S/C15H15BrN2O4S.C2HF3O2/c1-18(2)14-8-5-11(9-13(14)15(19)20)17-23(21,22)12-6-3-10(16)4-7-12;3-2(4,5)1(6)7/h3-9,17H,1-2H3,(H,19,20);(H,6,7). The number of rotatable bonds is 5. The van der Waals surface area contributed by atoms with Gasteiger partial charge in [0.05, 0.1) is 16.1 Å². The Kier molecular flexibility index (Phi) is 8.25. The van der Waals surface area contributed by atoms with Gasteiger partial charge in [-0.2, -0.15) is 13.2 Å². The van der Waals surface area contributed by atoms with Crippen molar-refractivity contribution < 1.29 is 41.4 Å². The van der Waals surface area contributed by atoms with Gasteiger partial charge in [0.15, 0.2) is 0 Å². The maximum atomic E-state index is 12.3. The van der Waals surface area contributed by atoms with Crippen LogP contribution in [0.4, 0.5) is 24.5 Å². The van der Waals surface area contributed by atoms with E-state index in [9.17, 15) is 31.5 Å². The van der Waals surface area contributed by atoms with Crippen LogP contribution in [0.2, 0.25) is 0 Å². The molecule has 2 aromatic rings. The average Bonchev–Trinajstić information content (AvgIpc) is 2.61. The van der Waals surface area contributed by atoms with Crippen LogP contribution in [0.1, 0.15) is 10.4 Å². The zero-order valence-electron chi connectivity index (χ0n) is 15.4. The third kappa shape index (κ3) is 7.22. The molecule has 3 N–H and O–H groups in total. The van der Waals surface area contributed by atoms with Crippen molar-refractivity contribution in [2.45, 2.75) is 11.1 Å². The molecule has 0 aliphatic rings. The number of sulfonamides is 1. The number of anilines is 2. The van der Waals surface area contributed by atoms with Gasteiger partial charge in [-0.3, -0.25) is 4.72 Å². The molecule has 164 valence electrons. The van der Waals surface area contributed by atoms with Gasteiger partial charge in [0.1, 0.15) is 0 Å². The number of nitrogens with zero attached hydrogens (tertiary/aromatic N) is 1. The van der Waals surface area contributed by atoms with Gasteiger partial charge in [-0.25, -0.2) is 18.0 Å². The first kappa shape index (κ1) is 25.2. The summed E-state index contributed by atoms with van der Waals surface area (Å²) in [6, 6.07) is 10.5. The summed E-state index contributed by atoms with van der Waals surface area (Å²) in [6.45, 7) is 0. The van der Waals surface area contributed by atoms with E-state index in [4.69, 9.17) is 9.90 Å². The summed E-state index contributed by atoms with van der Waals surface area (Å²) < 4.78 is 59.5. The van der Waals surface area contributed by atoms with Gasteiger partial charge in [-0.05, 0) is 42.5 Å². The van der Waals surface area contributed by atoms with Crippen LogP contribution in [0.25, 0.3) is 0 Å². The minimum absolute atomic E-state index is 0.0195. The molecule has 0 aromatic heterocycles. The minimum atomic E-state index is -5.08. The molecular weight excluding hydrogens is 497 g/mol. The fourth-order valence-electron chi connectivity index (χ4n) is 1.99. The molecule has 0 saturated heterocycles. The highest BCUT2D eigenvalue weighted by molar-refractivity contribution is 9.10. The van der Waals surface area contributed by atoms with Crippen molar-refractivity contribution in [1.29, 1.82) is 0 Å². The molecule has 0 heterocycles. The monoisotopic (exact) mass is 512 g/mol. The van der Waals surface area contributed by atoms with Gasteiger partial charge in [-0.15, -0.1) is 0 Å². The molecule has 0 aliphatic heterocycles. The zero-order chi connectivity index (χ0) is 23.3. The van der Waals surface area contributed by atoms with Gasteiger partial charge >= 0.3 is 18.1 Å². The number of aromatic carboxylic acids is 1. The lowest BCUT2D eigenvalue weighted by Crippen LogP contribution is -2.21. The molecule has 0 radical (unpaired) electrons. The topological polar surface area (TPSA) is 124 Å². The van der Waals surface area contributed by atoms with Crippen LogP contribution in [-0.4, -0.2) is 50.8 Å². The molecule has 2 rings (SSSR count). The minimum Gasteiger partial charge on any atom is -0.478 e. The number of benzene rings is 2. The van der Waals surface area contributed by atoms with Crippen molar-refractivity contribution in [3.05, 3.63) is 52.5 Å². The van der Waals surface area contributed by atoms with Gasteiger partial charge < -0.3 is 15.1 Å². The fourth-order valence-corrected chi connectivity index (χ4v) is 3.30. The molecule has 0 fully saturated rings. The lowest BCUT2D eigenvalue weighted by Gasteiger charge is -2.17. The van der Waals surface area contributed by atoms with E-state index in [-0.39, 0.29) is 16.1 Å². The van der Waals surface area contributed by atoms with Gasteiger partial charge in [0.25, 0.3) is 10.0 Å². The average molecular weight is 513 g/mol. The summed E-state index contributed by atoms with van der Waals surface area (Å²) in [7, 11) is -0.352. The second-order valence-corrected chi connectivity index (χ2v) is 8.39. The number of carboxylic acid groups (broad SMARTS) is 2. The molecular formula is C17H16BrF3N2O6S. The highest BCUT2D eigenvalue weighted by Crippen LogP contribution is 2.25. The van der Waals surface area contributed by atoms with Gasteiger partial charge in [0.2, 0.25) is 0 Å². The van der Waals surface area contributed by atoms with Crippen molar-refractivity contribution in [3.8, 4) is 0 Å². The normalized spacial score (nSPS) is 11.1. The number of alkyl halides is 3. The smallest absolute Gasteiger partial charge is 0.478 e. The Bertz CT molecular complexity index is 1020. The Morgan fingerprint density at radius 3 is 1.93 bits per heavy atom. The lowest BCUT2D eigenvalue weighted by molar-refractivity contribution is -0.192. The van der Waals surface area contributed by atoms with E-state index >= 15 is 0 Å². The van der Waals surface area contributed by atoms with E-state index in [0.29, 0.717) is 5.69 Å². The quantitative estimate of drug-likeness (QED) is 0.558. The molecule has 0 aliphatic carbocycles. The first-order valence-corrected chi connectivity index (χ1v) is 10.1. The van der Waals surface area contributed by atoms with E-state index in [0.717, 1.165) is 4.47 Å². The number of aliphatic carboxylic acids is 1. The lowest BCUT2D eigenvalue weighted by atomic mass is 10.1. The SMILES string of the molecule is CN(C)c1ccc(NS(=O)(=O)c2ccc(Br)cc2)cc1C(=O)O.O=C(O)C(F)(F)F. The Morgan fingerprint density at radius 1 is 1.03 bits per heavy atom. The summed E-state index contributed by atoms with van der Waals surface area (Å²) in [5.74, 6) is -3.88. The van der Waals surface area contributed by atoms with E-state index in [1.54, 1.807) is 37.2 Å². The molecule has 0 spiro atoms. The molecule has 13 heteroatoms. The van der Waals surface area contributed by atoms with E-state index in [2.05, 4.69) is 20.7 Å². The Labute approximate surface area is 178 Å². The van der Waals surface area contributed by atoms with Crippen LogP contribution in [0.15, 0.2) is 51.8 Å². The van der Waals surface area contributed by atoms with Gasteiger partial charge in [0, 0.05) is 24.3 Å². The fraction of sp³-hybridized carbons (Fsp3) is 0.176. The molecule has 0 unspecified atom stereocenters. The second-order valence-electron chi connectivity index (χ2n) is 5.79. The van der Waals surface area contributed by atoms with Crippen molar-refractivity contribution >= 4 is 49.3 Å². The summed E-state index contributed by atoms with van der Waals surface area (Å²) in [4.78, 5) is 22.0. The Morgan fingerprint density at radius 2 is 1.53 bits per heavy atom. The van der Waals surface area contributed by atoms with Crippen LogP contribution < -0.4 is 9.62 Å². The van der Waals surface area contributed by atoms with Crippen molar-refractivity contribution in [2.75, 3.05) is 23.7 Å². The highest BCUT2D eigenvalue weighted by Gasteiger charge is 2.38. The first-order valence-electron chi connectivity index (χ1n) is 7.78. The number of nitrogens with one attached hydrogen (secondary N) is 1. The van der Waals surface area contributed by atoms with Crippen molar-refractivity contribution in [3.63, 3.8) is 0 Å². The van der Waals surface area contributed by atoms with E-state index in [1.807, 2.05) is 0 Å². The largest absolute Gasteiger partial charge is 0.490 e. The molecule has 2 aromatic carbocycles. The number of hydrogen-bond donors (Lipinski definition) is 3. The molecule has 0 atom stereocenters. The second kappa shape index (κ2) is 9.80. The van der Waals surface area contributed by atoms with Crippen LogP contribution in [0.3, 0.4) is 0 Å². The Hall–Kier alpha value is -2.80. The van der Waals surface area contributed by atoms with Crippen LogP contribution in [-0.2, 0) is 14.8 Å². The highest BCUT2D eigenvalue weighted by atomic mass is 79.9. The number of halogens is 4. The number of hydrogen-bond acceptors (Lipinski definition) is 5. The van der Waals surface area contributed by atoms with Crippen LogP contribution in [0.5, 0.6) is 0 Å². The van der Waals surface area contributed by atoms with E-state index in [1.165, 1.54) is 24.3 Å². The summed E-state index contributed by atoms with van der Waals surface area (Å²) in [5.41, 5.74) is 0.700. The predicted molar refractivity (Wildman–Crippen MR) is 106 cm³/mol. The van der Waals surface area contributed by atoms with E-state index < -0.39 is 28.1 Å². The number of carbonyl (C=O) groups is 2. The molecule has 8 nitrogen and oxygen atoms in total. The summed E-state index contributed by atoms with van der Waals surface area (Å²) >= 11 is 3.24. The summed E-state index contributed by atoms with van der Waals surface area (Å²) in [6.07, 6.45) is -5.08. The number of carboxylic acids is 2. The van der Waals surface area contributed by atoms with Crippen molar-refractivity contribution in [2.24, 2.45) is 0 Å². The Balaban J connectivity index is 0.000000553. The van der Waals surface area contributed by atoms with Gasteiger partial charge in [-0.1, -0.05) is 15.9 Å². The third-order valence-corrected chi connectivity index (χ3v) is 5.25. The maximum absolute atomic E-state index is 12.3. The third-order valence-electron chi connectivity index (χ3n) is 3.33. The summed E-state index contributed by atoms with van der Waals surface area (Å²) in [5, 5.41) is 16.4. The molecule has 30 heavy (non-hydrogen) atoms. The molecule has 0 bridgehead atoms. The first-order chi connectivity index (χ1) is 13.6. The maximum Gasteiger partial charge on any atom is 0.490 e. The van der Waals surface area contributed by atoms with Crippen molar-refractivity contribution in [1.82, 2.24) is 0 Å². The zero-order valence-corrected chi connectivity index (χ0v) is 17.8. The van der Waals surface area contributed by atoms with Crippen LogP contribution in [0, 0.1) is 0 Å². The van der Waals surface area contributed by atoms with Crippen LogP contribution >= 0.6 is 15.9 Å². The molecule has 0 saturated carbocycles. The molecule has 0 amide bonds. The predicted octanol–water partition coefficient (Wildman–Crippen LogP) is 3.65.